The first-order valence-electron chi connectivity index (χ1n) is 6.11. The average Bonchev–Trinajstić information content (AvgIpc) is 2.80. The number of nitrogens with one attached hydrogen (secondary N) is 1. The Morgan fingerprint density at radius 3 is 2.75 bits per heavy atom. The van der Waals surface area contributed by atoms with Gasteiger partial charge in [-0.05, 0) is 30.7 Å². The van der Waals surface area contributed by atoms with E-state index in [0.717, 1.165) is 28.1 Å². The standard InChI is InChI=1S/C15H12ClN3O/c1-9-14(10-5-6-17-13(20)8-10)15(19-18-9)11-3-2-4-12(16)7-11/h2-8H,1H3,(H,17,20)(H,18,19). The molecule has 3 rings (SSSR count). The molecule has 0 atom stereocenters. The molecule has 0 unspecified atom stereocenters. The lowest BCUT2D eigenvalue weighted by atomic mass is 10.0. The summed E-state index contributed by atoms with van der Waals surface area (Å²) in [6.45, 7) is 1.91. The van der Waals surface area contributed by atoms with E-state index in [1.165, 1.54) is 0 Å². The topological polar surface area (TPSA) is 61.8 Å². The molecule has 5 heteroatoms. The van der Waals surface area contributed by atoms with Crippen molar-refractivity contribution in [2.45, 2.75) is 6.92 Å². The molecule has 1 aromatic carbocycles. The molecule has 2 heterocycles. The lowest BCUT2D eigenvalue weighted by molar-refractivity contribution is 0.454. The van der Waals surface area contributed by atoms with Crippen molar-refractivity contribution in [1.29, 1.82) is 0 Å². The quantitative estimate of drug-likeness (QED) is 0.753. The summed E-state index contributed by atoms with van der Waals surface area (Å²) in [4.78, 5) is 3.80. The van der Waals surface area contributed by atoms with Crippen molar-refractivity contribution >= 4 is 11.6 Å². The fourth-order valence-corrected chi connectivity index (χ4v) is 2.40. The molecule has 4 nitrogen and oxygen atoms in total. The predicted molar refractivity (Wildman–Crippen MR) is 78.7 cm³/mol. The molecule has 0 bridgehead atoms. The van der Waals surface area contributed by atoms with E-state index in [1.54, 1.807) is 12.3 Å². The zero-order valence-electron chi connectivity index (χ0n) is 10.8. The van der Waals surface area contributed by atoms with Gasteiger partial charge < -0.3 is 5.11 Å². The normalized spacial score (nSPS) is 10.7. The second-order valence-corrected chi connectivity index (χ2v) is 4.91. The van der Waals surface area contributed by atoms with Crippen LogP contribution in [0, 0.1) is 6.92 Å². The Morgan fingerprint density at radius 2 is 2.00 bits per heavy atom. The molecule has 0 radical (unpaired) electrons. The van der Waals surface area contributed by atoms with Crippen molar-refractivity contribution in [1.82, 2.24) is 15.2 Å². The molecule has 20 heavy (non-hydrogen) atoms. The van der Waals surface area contributed by atoms with Gasteiger partial charge in [0, 0.05) is 28.4 Å². The van der Waals surface area contributed by atoms with Crippen LogP contribution in [0.1, 0.15) is 5.69 Å². The molecular formula is C15H12ClN3O. The van der Waals surface area contributed by atoms with Crippen LogP contribution < -0.4 is 0 Å². The number of aromatic amines is 1. The Labute approximate surface area is 121 Å². The first-order valence-corrected chi connectivity index (χ1v) is 6.49. The summed E-state index contributed by atoms with van der Waals surface area (Å²) in [6.07, 6.45) is 1.57. The number of nitrogens with zero attached hydrogens (tertiary/aromatic N) is 2. The van der Waals surface area contributed by atoms with Gasteiger partial charge in [-0.15, -0.1) is 0 Å². The van der Waals surface area contributed by atoms with E-state index in [-0.39, 0.29) is 5.88 Å². The molecule has 3 aromatic rings. The molecule has 0 spiro atoms. The van der Waals surface area contributed by atoms with Gasteiger partial charge in [0.1, 0.15) is 0 Å². The van der Waals surface area contributed by atoms with Gasteiger partial charge in [0.15, 0.2) is 0 Å². The summed E-state index contributed by atoms with van der Waals surface area (Å²) >= 11 is 6.04. The smallest absolute Gasteiger partial charge is 0.211 e. The fourth-order valence-electron chi connectivity index (χ4n) is 2.21. The highest BCUT2D eigenvalue weighted by Gasteiger charge is 2.14. The van der Waals surface area contributed by atoms with Gasteiger partial charge in [0.2, 0.25) is 5.88 Å². The second kappa shape index (κ2) is 4.98. The van der Waals surface area contributed by atoms with Crippen molar-refractivity contribution < 1.29 is 5.11 Å². The molecule has 0 amide bonds. The molecule has 0 fully saturated rings. The number of pyridine rings is 1. The van der Waals surface area contributed by atoms with Crippen LogP contribution in [0.25, 0.3) is 22.4 Å². The number of halogens is 1. The van der Waals surface area contributed by atoms with E-state index >= 15 is 0 Å². The van der Waals surface area contributed by atoms with Crippen LogP contribution >= 0.6 is 11.6 Å². The van der Waals surface area contributed by atoms with Crippen LogP contribution in [0.3, 0.4) is 0 Å². The summed E-state index contributed by atoms with van der Waals surface area (Å²) in [5.41, 5.74) is 4.47. The van der Waals surface area contributed by atoms with Gasteiger partial charge in [0.05, 0.1) is 11.4 Å². The maximum Gasteiger partial charge on any atom is 0.211 e. The third-order valence-electron chi connectivity index (χ3n) is 3.09. The van der Waals surface area contributed by atoms with Gasteiger partial charge in [0.25, 0.3) is 0 Å². The monoisotopic (exact) mass is 285 g/mol. The van der Waals surface area contributed by atoms with Crippen LogP contribution in [0.15, 0.2) is 42.6 Å². The van der Waals surface area contributed by atoms with E-state index in [1.807, 2.05) is 37.3 Å². The number of aryl methyl sites for hydroxylation is 1. The summed E-state index contributed by atoms with van der Waals surface area (Å²) < 4.78 is 0. The van der Waals surface area contributed by atoms with Crippen molar-refractivity contribution in [2.75, 3.05) is 0 Å². The van der Waals surface area contributed by atoms with E-state index in [9.17, 15) is 5.11 Å². The molecule has 2 aromatic heterocycles. The minimum atomic E-state index is -0.0138. The van der Waals surface area contributed by atoms with E-state index in [0.29, 0.717) is 5.02 Å². The lowest BCUT2D eigenvalue weighted by Gasteiger charge is -2.05. The van der Waals surface area contributed by atoms with Gasteiger partial charge in [-0.3, -0.25) is 5.10 Å². The van der Waals surface area contributed by atoms with Crippen molar-refractivity contribution in [3.05, 3.63) is 53.3 Å². The predicted octanol–water partition coefficient (Wildman–Crippen LogP) is 3.81. The number of rotatable bonds is 2. The highest BCUT2D eigenvalue weighted by molar-refractivity contribution is 6.30. The molecule has 0 aliphatic carbocycles. The third kappa shape index (κ3) is 2.26. The maximum atomic E-state index is 9.55. The Morgan fingerprint density at radius 1 is 1.15 bits per heavy atom. The van der Waals surface area contributed by atoms with Gasteiger partial charge in [-0.1, -0.05) is 23.7 Å². The number of aromatic hydroxyl groups is 1. The summed E-state index contributed by atoms with van der Waals surface area (Å²) in [5.74, 6) is -0.0138. The molecular weight excluding hydrogens is 274 g/mol. The van der Waals surface area contributed by atoms with Crippen LogP contribution in [-0.4, -0.2) is 20.3 Å². The van der Waals surface area contributed by atoms with Gasteiger partial charge in [-0.2, -0.15) is 5.10 Å². The molecule has 0 saturated carbocycles. The zero-order valence-corrected chi connectivity index (χ0v) is 11.5. The number of H-pyrrole nitrogens is 1. The van der Waals surface area contributed by atoms with Crippen LogP contribution in [-0.2, 0) is 0 Å². The number of aromatic nitrogens is 3. The first-order chi connectivity index (χ1) is 9.65. The fraction of sp³-hybridized carbons (Fsp3) is 0.0667. The Bertz CT molecular complexity index is 767. The molecule has 100 valence electrons. The molecule has 0 aliphatic rings. The number of benzene rings is 1. The van der Waals surface area contributed by atoms with Crippen LogP contribution in [0.5, 0.6) is 5.88 Å². The van der Waals surface area contributed by atoms with E-state index in [2.05, 4.69) is 15.2 Å². The summed E-state index contributed by atoms with van der Waals surface area (Å²) in [5, 5.41) is 17.5. The minimum Gasteiger partial charge on any atom is -0.493 e. The molecule has 2 N–H and O–H groups in total. The van der Waals surface area contributed by atoms with E-state index < -0.39 is 0 Å². The molecule has 0 saturated heterocycles. The summed E-state index contributed by atoms with van der Waals surface area (Å²) in [7, 11) is 0. The highest BCUT2D eigenvalue weighted by Crippen LogP contribution is 2.34. The lowest BCUT2D eigenvalue weighted by Crippen LogP contribution is -1.85. The highest BCUT2D eigenvalue weighted by atomic mass is 35.5. The van der Waals surface area contributed by atoms with Crippen molar-refractivity contribution in [3.63, 3.8) is 0 Å². The van der Waals surface area contributed by atoms with E-state index in [4.69, 9.17) is 11.6 Å². The third-order valence-corrected chi connectivity index (χ3v) is 3.33. The minimum absolute atomic E-state index is 0.0138. The van der Waals surface area contributed by atoms with Gasteiger partial charge >= 0.3 is 0 Å². The maximum absolute atomic E-state index is 9.55. The van der Waals surface area contributed by atoms with Crippen molar-refractivity contribution in [3.8, 4) is 28.3 Å². The van der Waals surface area contributed by atoms with Crippen LogP contribution in [0.4, 0.5) is 0 Å². The Balaban J connectivity index is 2.20. The van der Waals surface area contributed by atoms with Crippen LogP contribution in [0.2, 0.25) is 5.02 Å². The Hall–Kier alpha value is -2.33. The molecule has 0 aliphatic heterocycles. The zero-order chi connectivity index (χ0) is 14.1. The average molecular weight is 286 g/mol. The second-order valence-electron chi connectivity index (χ2n) is 4.47. The summed E-state index contributed by atoms with van der Waals surface area (Å²) in [6, 6.07) is 11.0. The number of hydrogen-bond acceptors (Lipinski definition) is 3. The Kier molecular flexibility index (Phi) is 3.16. The van der Waals surface area contributed by atoms with Crippen molar-refractivity contribution in [2.24, 2.45) is 0 Å². The largest absolute Gasteiger partial charge is 0.493 e. The van der Waals surface area contributed by atoms with Gasteiger partial charge in [-0.25, -0.2) is 4.98 Å². The first kappa shape index (κ1) is 12.7. The number of hydrogen-bond donors (Lipinski definition) is 2. The SMILES string of the molecule is Cc1n[nH]c(-c2cccc(Cl)c2)c1-c1ccnc(O)c1.